The first-order valence-corrected chi connectivity index (χ1v) is 3.37. The Hall–Kier alpha value is -0.790. The summed E-state index contributed by atoms with van der Waals surface area (Å²) in [5.41, 5.74) is 1.14. The van der Waals surface area contributed by atoms with Gasteiger partial charge in [0.15, 0.2) is 0 Å². The van der Waals surface area contributed by atoms with Crippen LogP contribution in [0.3, 0.4) is 0 Å². The van der Waals surface area contributed by atoms with Crippen molar-refractivity contribution in [1.82, 2.24) is 5.16 Å². The van der Waals surface area contributed by atoms with Crippen LogP contribution in [0.15, 0.2) is 16.9 Å². The second kappa shape index (κ2) is 1.87. The van der Waals surface area contributed by atoms with E-state index >= 15 is 0 Å². The van der Waals surface area contributed by atoms with Gasteiger partial charge in [-0.1, -0.05) is 11.6 Å². The van der Waals surface area contributed by atoms with Gasteiger partial charge in [-0.15, -0.1) is 0 Å². The minimum absolute atomic E-state index is 0.712. The van der Waals surface area contributed by atoms with Crippen LogP contribution in [0.25, 0.3) is 0 Å². The summed E-state index contributed by atoms with van der Waals surface area (Å²) in [6.07, 6.45) is 5.60. The third-order valence-electron chi connectivity index (χ3n) is 1.98. The molecule has 2 nitrogen and oxygen atoms in total. The largest absolute Gasteiger partial charge is 0.365 e. The maximum Gasteiger partial charge on any atom is 0.124 e. The Morgan fingerprint density at radius 1 is 1.56 bits per heavy atom. The first kappa shape index (κ1) is 5.03. The monoisotopic (exact) mass is 123 g/mol. The Bertz CT molecular complexity index is 177. The van der Waals surface area contributed by atoms with Gasteiger partial charge in [0.25, 0.3) is 0 Å². The van der Waals surface area contributed by atoms with Crippen molar-refractivity contribution in [1.29, 1.82) is 0 Å². The van der Waals surface area contributed by atoms with Gasteiger partial charge in [0, 0.05) is 12.0 Å². The fourth-order valence-corrected chi connectivity index (χ4v) is 1.14. The molecule has 0 atom stereocenters. The predicted molar refractivity (Wildman–Crippen MR) is 33.1 cm³/mol. The van der Waals surface area contributed by atoms with Gasteiger partial charge in [0.2, 0.25) is 0 Å². The molecule has 1 aromatic heterocycles. The van der Waals surface area contributed by atoms with Gasteiger partial charge in [-0.2, -0.15) is 0 Å². The molecule has 1 aromatic rings. The minimum Gasteiger partial charge on any atom is -0.365 e. The van der Waals surface area contributed by atoms with Crippen LogP contribution in [0, 0.1) is 0 Å². The highest BCUT2D eigenvalue weighted by Gasteiger charge is 2.21. The average Bonchev–Trinajstić information content (AvgIpc) is 2.11. The van der Waals surface area contributed by atoms with Gasteiger partial charge in [-0.3, -0.25) is 0 Å². The van der Waals surface area contributed by atoms with Crippen molar-refractivity contribution in [3.05, 3.63) is 18.0 Å². The molecule has 0 aliphatic heterocycles. The maximum atomic E-state index is 4.72. The van der Waals surface area contributed by atoms with Crippen molar-refractivity contribution in [2.24, 2.45) is 0 Å². The Morgan fingerprint density at radius 2 is 2.44 bits per heavy atom. The Labute approximate surface area is 53.9 Å². The first-order chi connectivity index (χ1) is 4.47. The molecule has 1 aliphatic rings. The number of rotatable bonds is 1. The van der Waals surface area contributed by atoms with Crippen LogP contribution >= 0.6 is 0 Å². The first-order valence-electron chi connectivity index (χ1n) is 3.37. The van der Waals surface area contributed by atoms with Crippen molar-refractivity contribution >= 4 is 0 Å². The third kappa shape index (κ3) is 0.745. The lowest BCUT2D eigenvalue weighted by molar-refractivity contribution is 0.363. The molecular weight excluding hydrogens is 114 g/mol. The van der Waals surface area contributed by atoms with E-state index in [1.54, 1.807) is 6.26 Å². The summed E-state index contributed by atoms with van der Waals surface area (Å²) in [5.74, 6) is 0.712. The Kier molecular flexibility index (Phi) is 1.04. The van der Waals surface area contributed by atoms with Crippen molar-refractivity contribution in [3.63, 3.8) is 0 Å². The van der Waals surface area contributed by atoms with Crippen LogP contribution in [0.5, 0.6) is 0 Å². The number of hydrogen-bond donors (Lipinski definition) is 0. The van der Waals surface area contributed by atoms with Crippen LogP contribution < -0.4 is 0 Å². The summed E-state index contributed by atoms with van der Waals surface area (Å²) in [5, 5.41) is 3.86. The molecule has 48 valence electrons. The standard InChI is InChI=1S/C7H9NO/c1-2-6(3-1)7-4-5-9-8-7/h4-6H,1-3H2. The van der Waals surface area contributed by atoms with Crippen molar-refractivity contribution in [2.45, 2.75) is 25.2 Å². The molecule has 1 saturated carbocycles. The summed E-state index contributed by atoms with van der Waals surface area (Å²) in [6.45, 7) is 0. The molecule has 2 heteroatoms. The van der Waals surface area contributed by atoms with Crippen LogP contribution in [-0.2, 0) is 0 Å². The smallest absolute Gasteiger partial charge is 0.124 e. The summed E-state index contributed by atoms with van der Waals surface area (Å²) >= 11 is 0. The Balaban J connectivity index is 2.14. The Morgan fingerprint density at radius 3 is 2.89 bits per heavy atom. The molecule has 0 radical (unpaired) electrons. The molecule has 1 heterocycles. The molecule has 0 saturated heterocycles. The van der Waals surface area contributed by atoms with Gasteiger partial charge in [0.1, 0.15) is 6.26 Å². The molecule has 0 aromatic carbocycles. The quantitative estimate of drug-likeness (QED) is 0.570. The summed E-state index contributed by atoms with van der Waals surface area (Å²) < 4.78 is 4.72. The van der Waals surface area contributed by atoms with Gasteiger partial charge in [0.05, 0.1) is 5.69 Å². The molecule has 9 heavy (non-hydrogen) atoms. The SMILES string of the molecule is c1cc(C2CCC2)no1. The average molecular weight is 123 g/mol. The van der Waals surface area contributed by atoms with E-state index in [-0.39, 0.29) is 0 Å². The van der Waals surface area contributed by atoms with E-state index in [0.29, 0.717) is 5.92 Å². The second-order valence-corrected chi connectivity index (χ2v) is 2.55. The lowest BCUT2D eigenvalue weighted by atomic mass is 9.83. The summed E-state index contributed by atoms with van der Waals surface area (Å²) in [4.78, 5) is 0. The fraction of sp³-hybridized carbons (Fsp3) is 0.571. The predicted octanol–water partition coefficient (Wildman–Crippen LogP) is 1.94. The highest BCUT2D eigenvalue weighted by atomic mass is 16.5. The van der Waals surface area contributed by atoms with Crippen molar-refractivity contribution < 1.29 is 4.52 Å². The normalized spacial score (nSPS) is 19.6. The molecule has 0 unspecified atom stereocenters. The zero-order valence-electron chi connectivity index (χ0n) is 5.21. The van der Waals surface area contributed by atoms with Gasteiger partial charge in [-0.25, -0.2) is 0 Å². The topological polar surface area (TPSA) is 26.0 Å². The van der Waals surface area contributed by atoms with Crippen LogP contribution in [0.1, 0.15) is 30.9 Å². The zero-order valence-corrected chi connectivity index (χ0v) is 5.21. The van der Waals surface area contributed by atoms with E-state index in [0.717, 1.165) is 5.69 Å². The highest BCUT2D eigenvalue weighted by molar-refractivity contribution is 5.06. The van der Waals surface area contributed by atoms with Crippen molar-refractivity contribution in [2.75, 3.05) is 0 Å². The molecular formula is C7H9NO. The van der Waals surface area contributed by atoms with Gasteiger partial charge >= 0.3 is 0 Å². The number of aromatic nitrogens is 1. The highest BCUT2D eigenvalue weighted by Crippen LogP contribution is 2.34. The van der Waals surface area contributed by atoms with Crippen LogP contribution in [0.2, 0.25) is 0 Å². The molecule has 0 spiro atoms. The van der Waals surface area contributed by atoms with Crippen molar-refractivity contribution in [3.8, 4) is 0 Å². The molecule has 0 N–H and O–H groups in total. The zero-order chi connectivity index (χ0) is 6.10. The van der Waals surface area contributed by atoms with Gasteiger partial charge < -0.3 is 4.52 Å². The van der Waals surface area contributed by atoms with E-state index in [1.165, 1.54) is 19.3 Å². The van der Waals surface area contributed by atoms with Gasteiger partial charge in [-0.05, 0) is 12.8 Å². The maximum absolute atomic E-state index is 4.72. The molecule has 1 aliphatic carbocycles. The number of hydrogen-bond acceptors (Lipinski definition) is 2. The lowest BCUT2D eigenvalue weighted by Gasteiger charge is -2.22. The summed E-state index contributed by atoms with van der Waals surface area (Å²) in [7, 11) is 0. The second-order valence-electron chi connectivity index (χ2n) is 2.55. The van der Waals surface area contributed by atoms with E-state index in [1.807, 2.05) is 6.07 Å². The molecule has 0 amide bonds. The lowest BCUT2D eigenvalue weighted by Crippen LogP contribution is -2.08. The molecule has 1 fully saturated rings. The minimum atomic E-state index is 0.712. The fourth-order valence-electron chi connectivity index (χ4n) is 1.14. The molecule has 2 rings (SSSR count). The van der Waals surface area contributed by atoms with Crippen LogP contribution in [-0.4, -0.2) is 5.16 Å². The van der Waals surface area contributed by atoms with E-state index in [9.17, 15) is 0 Å². The third-order valence-corrected chi connectivity index (χ3v) is 1.98. The molecule has 0 bridgehead atoms. The van der Waals surface area contributed by atoms with E-state index in [2.05, 4.69) is 5.16 Å². The van der Waals surface area contributed by atoms with Crippen LogP contribution in [0.4, 0.5) is 0 Å². The summed E-state index contributed by atoms with van der Waals surface area (Å²) in [6, 6.07) is 1.96. The van der Waals surface area contributed by atoms with E-state index in [4.69, 9.17) is 4.52 Å². The number of nitrogens with zero attached hydrogens (tertiary/aromatic N) is 1. The van der Waals surface area contributed by atoms with E-state index < -0.39 is 0 Å².